The SMILES string of the molecule is c1cc(-c2cnc(-c3ccc(-c4ncc(-c5ccncc5)s4)c4nsnc34)s2)ccn1. The predicted molar refractivity (Wildman–Crippen MR) is 126 cm³/mol. The highest BCUT2D eigenvalue weighted by Crippen LogP contribution is 2.40. The van der Waals surface area contributed by atoms with Crippen LogP contribution in [0.2, 0.25) is 0 Å². The zero-order valence-corrected chi connectivity index (χ0v) is 18.3. The number of pyridine rings is 2. The minimum Gasteiger partial charge on any atom is -0.265 e. The van der Waals surface area contributed by atoms with Crippen molar-refractivity contribution in [3.63, 3.8) is 0 Å². The first kappa shape index (κ1) is 18.4. The molecule has 0 aliphatic rings. The van der Waals surface area contributed by atoms with Gasteiger partial charge in [0.25, 0.3) is 0 Å². The number of fused-ring (bicyclic) bond motifs is 1. The van der Waals surface area contributed by atoms with E-state index < -0.39 is 0 Å². The summed E-state index contributed by atoms with van der Waals surface area (Å²) < 4.78 is 9.17. The number of nitrogens with zero attached hydrogens (tertiary/aromatic N) is 6. The standard InChI is InChI=1S/C22H12N6S3/c1-2-16(22-26-12-18(30-22)14-5-9-24-10-6-14)20-19(27-31-28-20)15(1)21-25-11-17(29-21)13-3-7-23-8-4-13/h1-12H. The molecular formula is C22H12N6S3. The molecule has 0 saturated carbocycles. The Balaban J connectivity index is 1.41. The van der Waals surface area contributed by atoms with Gasteiger partial charge in [0.15, 0.2) is 0 Å². The van der Waals surface area contributed by atoms with Crippen molar-refractivity contribution in [2.45, 2.75) is 0 Å². The van der Waals surface area contributed by atoms with Crippen molar-refractivity contribution in [2.24, 2.45) is 0 Å². The van der Waals surface area contributed by atoms with Gasteiger partial charge in [-0.3, -0.25) is 9.97 Å². The molecule has 9 heteroatoms. The molecule has 0 spiro atoms. The van der Waals surface area contributed by atoms with Gasteiger partial charge in [-0.2, -0.15) is 8.75 Å². The summed E-state index contributed by atoms with van der Waals surface area (Å²) >= 11 is 4.49. The summed E-state index contributed by atoms with van der Waals surface area (Å²) in [5.74, 6) is 0. The van der Waals surface area contributed by atoms with Crippen LogP contribution in [0, 0.1) is 0 Å². The molecule has 5 heterocycles. The van der Waals surface area contributed by atoms with Gasteiger partial charge in [0, 0.05) is 48.3 Å². The molecule has 6 nitrogen and oxygen atoms in total. The Kier molecular flexibility index (Phi) is 4.56. The van der Waals surface area contributed by atoms with Gasteiger partial charge in [0.05, 0.1) is 21.5 Å². The third kappa shape index (κ3) is 3.32. The minimum atomic E-state index is 0.860. The molecule has 1 aromatic carbocycles. The molecule has 0 fully saturated rings. The van der Waals surface area contributed by atoms with Crippen molar-refractivity contribution < 1.29 is 0 Å². The monoisotopic (exact) mass is 456 g/mol. The third-order valence-electron chi connectivity index (χ3n) is 4.82. The van der Waals surface area contributed by atoms with E-state index in [2.05, 4.69) is 40.8 Å². The van der Waals surface area contributed by atoms with Gasteiger partial charge < -0.3 is 0 Å². The van der Waals surface area contributed by atoms with E-state index in [0.717, 1.165) is 53.1 Å². The maximum absolute atomic E-state index is 4.65. The fourth-order valence-corrected chi connectivity index (χ4v) is 5.78. The molecule has 0 amide bonds. The zero-order valence-electron chi connectivity index (χ0n) is 15.8. The molecule has 0 atom stereocenters. The Labute approximate surface area is 189 Å². The lowest BCUT2D eigenvalue weighted by atomic mass is 10.1. The molecule has 0 unspecified atom stereocenters. The quantitative estimate of drug-likeness (QED) is 0.321. The van der Waals surface area contributed by atoms with Gasteiger partial charge in [-0.05, 0) is 47.5 Å². The van der Waals surface area contributed by atoms with E-state index in [1.807, 2.05) is 36.7 Å². The van der Waals surface area contributed by atoms with Crippen molar-refractivity contribution in [1.29, 1.82) is 0 Å². The normalized spacial score (nSPS) is 11.2. The molecule has 0 N–H and O–H groups in total. The van der Waals surface area contributed by atoms with Crippen LogP contribution in [0.25, 0.3) is 53.1 Å². The van der Waals surface area contributed by atoms with E-state index in [1.54, 1.807) is 47.5 Å². The lowest BCUT2D eigenvalue weighted by Gasteiger charge is -2.02. The molecule has 0 bridgehead atoms. The van der Waals surface area contributed by atoms with Crippen LogP contribution in [0.15, 0.2) is 73.6 Å². The summed E-state index contributed by atoms with van der Waals surface area (Å²) in [5, 5.41) is 1.85. The predicted octanol–water partition coefficient (Wildman–Crippen LogP) is 6.06. The minimum absolute atomic E-state index is 0.860. The van der Waals surface area contributed by atoms with Gasteiger partial charge >= 0.3 is 0 Å². The fraction of sp³-hybridized carbons (Fsp3) is 0. The second kappa shape index (κ2) is 7.69. The number of hydrogen-bond donors (Lipinski definition) is 0. The number of rotatable bonds is 4. The summed E-state index contributed by atoms with van der Waals surface area (Å²) in [7, 11) is 0. The van der Waals surface area contributed by atoms with Gasteiger partial charge in [0.2, 0.25) is 0 Å². The lowest BCUT2D eigenvalue weighted by molar-refractivity contribution is 1.33. The number of hydrogen-bond acceptors (Lipinski definition) is 9. The number of aromatic nitrogens is 6. The van der Waals surface area contributed by atoms with Crippen LogP contribution in [0.5, 0.6) is 0 Å². The van der Waals surface area contributed by atoms with E-state index >= 15 is 0 Å². The van der Waals surface area contributed by atoms with Crippen molar-refractivity contribution in [2.75, 3.05) is 0 Å². The summed E-state index contributed by atoms with van der Waals surface area (Å²) in [6, 6.07) is 12.1. The Morgan fingerprint density at radius 2 is 1.00 bits per heavy atom. The fourth-order valence-electron chi connectivity index (χ4n) is 3.31. The molecule has 31 heavy (non-hydrogen) atoms. The van der Waals surface area contributed by atoms with Crippen molar-refractivity contribution in [3.05, 3.63) is 73.6 Å². The molecule has 0 saturated heterocycles. The lowest BCUT2D eigenvalue weighted by Crippen LogP contribution is -1.84. The van der Waals surface area contributed by atoms with Crippen LogP contribution in [-0.4, -0.2) is 28.7 Å². The first-order valence-electron chi connectivity index (χ1n) is 9.35. The van der Waals surface area contributed by atoms with Gasteiger partial charge in [-0.1, -0.05) is 0 Å². The van der Waals surface area contributed by atoms with Gasteiger partial charge in [-0.25, -0.2) is 9.97 Å². The average molecular weight is 457 g/mol. The van der Waals surface area contributed by atoms with Crippen LogP contribution in [0.1, 0.15) is 0 Å². The van der Waals surface area contributed by atoms with Crippen LogP contribution in [0.4, 0.5) is 0 Å². The molecule has 0 radical (unpaired) electrons. The molecule has 0 aliphatic heterocycles. The maximum atomic E-state index is 4.65. The molecule has 6 aromatic rings. The Morgan fingerprint density at radius 1 is 0.548 bits per heavy atom. The van der Waals surface area contributed by atoms with Crippen molar-refractivity contribution >= 4 is 45.4 Å². The zero-order chi connectivity index (χ0) is 20.6. The second-order valence-electron chi connectivity index (χ2n) is 6.65. The smallest absolute Gasteiger partial charge is 0.126 e. The largest absolute Gasteiger partial charge is 0.265 e. The molecule has 5 aromatic heterocycles. The Morgan fingerprint density at radius 3 is 1.45 bits per heavy atom. The topological polar surface area (TPSA) is 77.3 Å². The summed E-state index contributed by atoms with van der Waals surface area (Å²) in [6.45, 7) is 0. The summed E-state index contributed by atoms with van der Waals surface area (Å²) in [5.41, 5.74) is 5.91. The van der Waals surface area contributed by atoms with E-state index in [9.17, 15) is 0 Å². The van der Waals surface area contributed by atoms with Gasteiger partial charge in [0.1, 0.15) is 21.0 Å². The average Bonchev–Trinajstić information content (AvgIpc) is 3.60. The van der Waals surface area contributed by atoms with Crippen LogP contribution in [-0.2, 0) is 0 Å². The van der Waals surface area contributed by atoms with E-state index in [4.69, 9.17) is 0 Å². The van der Waals surface area contributed by atoms with Crippen LogP contribution < -0.4 is 0 Å². The Bertz CT molecular complexity index is 1380. The van der Waals surface area contributed by atoms with E-state index in [0.29, 0.717) is 0 Å². The van der Waals surface area contributed by atoms with Crippen molar-refractivity contribution in [1.82, 2.24) is 28.7 Å². The third-order valence-corrected chi connectivity index (χ3v) is 7.51. The molecule has 0 aliphatic carbocycles. The highest BCUT2D eigenvalue weighted by atomic mass is 32.1. The molecule has 6 rings (SSSR count). The van der Waals surface area contributed by atoms with Crippen LogP contribution in [0.3, 0.4) is 0 Å². The maximum Gasteiger partial charge on any atom is 0.126 e. The van der Waals surface area contributed by atoms with Gasteiger partial charge in [-0.15, -0.1) is 22.7 Å². The number of thiazole rings is 2. The first-order valence-corrected chi connectivity index (χ1v) is 11.7. The number of benzene rings is 1. The Hall–Kier alpha value is -3.40. The highest BCUT2D eigenvalue weighted by Gasteiger charge is 2.18. The van der Waals surface area contributed by atoms with Crippen LogP contribution >= 0.6 is 34.4 Å². The van der Waals surface area contributed by atoms with E-state index in [-0.39, 0.29) is 0 Å². The first-order chi connectivity index (χ1) is 15.4. The molecular weight excluding hydrogens is 444 g/mol. The second-order valence-corrected chi connectivity index (χ2v) is 9.24. The highest BCUT2D eigenvalue weighted by molar-refractivity contribution is 7.19. The summed E-state index contributed by atoms with van der Waals surface area (Å²) in [6.07, 6.45) is 11.0. The summed E-state index contributed by atoms with van der Waals surface area (Å²) in [4.78, 5) is 19.7. The van der Waals surface area contributed by atoms with E-state index in [1.165, 1.54) is 11.7 Å². The van der Waals surface area contributed by atoms with Crippen molar-refractivity contribution in [3.8, 4) is 42.0 Å². The molecule has 148 valence electrons.